The summed E-state index contributed by atoms with van der Waals surface area (Å²) in [6.45, 7) is 10.1. The summed E-state index contributed by atoms with van der Waals surface area (Å²) in [6.07, 6.45) is 0. The predicted molar refractivity (Wildman–Crippen MR) is 61.7 cm³/mol. The molecule has 0 aromatic rings. The minimum absolute atomic E-state index is 0.0715. The molecule has 0 saturated carbocycles. The summed E-state index contributed by atoms with van der Waals surface area (Å²) in [5, 5.41) is 2.58. The van der Waals surface area contributed by atoms with Gasteiger partial charge in [0.15, 0.2) is 5.54 Å². The summed E-state index contributed by atoms with van der Waals surface area (Å²) in [4.78, 5) is 23.4. The second-order valence-electron chi connectivity index (χ2n) is 5.33. The zero-order valence-electron chi connectivity index (χ0n) is 10.9. The van der Waals surface area contributed by atoms with Crippen molar-refractivity contribution in [3.8, 4) is 0 Å². The van der Waals surface area contributed by atoms with Gasteiger partial charge in [-0.2, -0.15) is 0 Å². The van der Waals surface area contributed by atoms with E-state index in [0.717, 1.165) is 0 Å². The summed E-state index contributed by atoms with van der Waals surface area (Å²) in [5.41, 5.74) is 3.36. The lowest BCUT2D eigenvalue weighted by Gasteiger charge is -2.28. The average molecular weight is 230 g/mol. The Morgan fingerprint density at radius 2 is 1.62 bits per heavy atom. The van der Waals surface area contributed by atoms with Gasteiger partial charge in [0.05, 0.1) is 0 Å². The number of hydrogen-bond donors (Lipinski definition) is 2. The van der Waals surface area contributed by atoms with Crippen molar-refractivity contribution >= 4 is 11.9 Å². The molecule has 16 heavy (non-hydrogen) atoms. The van der Waals surface area contributed by atoms with Crippen LogP contribution in [0, 0.1) is 0 Å². The maximum atomic E-state index is 11.7. The van der Waals surface area contributed by atoms with E-state index in [0.29, 0.717) is 0 Å². The van der Waals surface area contributed by atoms with E-state index in [2.05, 4.69) is 5.32 Å². The van der Waals surface area contributed by atoms with Crippen LogP contribution >= 0.6 is 0 Å². The van der Waals surface area contributed by atoms with E-state index in [1.54, 1.807) is 34.6 Å². The molecule has 0 rings (SSSR count). The second kappa shape index (κ2) is 4.82. The highest BCUT2D eigenvalue weighted by Gasteiger charge is 2.40. The average Bonchev–Trinajstić information content (AvgIpc) is 1.99. The van der Waals surface area contributed by atoms with E-state index in [-0.39, 0.29) is 6.04 Å². The van der Waals surface area contributed by atoms with Crippen LogP contribution in [0.2, 0.25) is 0 Å². The lowest BCUT2D eigenvalue weighted by atomic mass is 10.0. The molecule has 0 bridgehead atoms. The van der Waals surface area contributed by atoms with Crippen LogP contribution in [-0.4, -0.2) is 29.1 Å². The molecule has 5 nitrogen and oxygen atoms in total. The quantitative estimate of drug-likeness (QED) is 0.548. The molecule has 0 fully saturated rings. The highest BCUT2D eigenvalue weighted by atomic mass is 16.6. The van der Waals surface area contributed by atoms with Crippen molar-refractivity contribution in [1.82, 2.24) is 5.32 Å². The van der Waals surface area contributed by atoms with Gasteiger partial charge in [-0.3, -0.25) is 4.79 Å². The van der Waals surface area contributed by atoms with E-state index in [1.165, 1.54) is 6.92 Å². The van der Waals surface area contributed by atoms with Gasteiger partial charge in [-0.25, -0.2) is 4.79 Å². The van der Waals surface area contributed by atoms with Crippen molar-refractivity contribution in [2.45, 2.75) is 58.7 Å². The molecule has 0 saturated heterocycles. The first-order valence-electron chi connectivity index (χ1n) is 5.30. The van der Waals surface area contributed by atoms with Gasteiger partial charge >= 0.3 is 5.97 Å². The largest absolute Gasteiger partial charge is 0.458 e. The Balaban J connectivity index is 4.65. The smallest absolute Gasteiger partial charge is 0.336 e. The number of esters is 1. The van der Waals surface area contributed by atoms with Gasteiger partial charge in [-0.1, -0.05) is 0 Å². The fraction of sp³-hybridized carbons (Fsp3) is 0.818. The van der Waals surface area contributed by atoms with E-state index in [9.17, 15) is 9.59 Å². The van der Waals surface area contributed by atoms with Crippen molar-refractivity contribution in [1.29, 1.82) is 0 Å². The number of carbonyl (C=O) groups is 2. The lowest BCUT2D eigenvalue weighted by molar-refractivity contribution is -0.163. The highest BCUT2D eigenvalue weighted by molar-refractivity contribution is 6.06. The molecular weight excluding hydrogens is 208 g/mol. The third kappa shape index (κ3) is 4.61. The fourth-order valence-electron chi connectivity index (χ4n) is 0.889. The van der Waals surface area contributed by atoms with E-state index >= 15 is 0 Å². The van der Waals surface area contributed by atoms with E-state index in [1.807, 2.05) is 0 Å². The molecule has 0 unspecified atom stereocenters. The third-order valence-corrected chi connectivity index (χ3v) is 1.71. The standard InChI is InChI=1S/C11H22N2O3/c1-7(2)13-8(14)11(6,12)9(15)16-10(3,4)5/h7H,12H2,1-6H3,(H,13,14)/t11-/m1/s1. The second-order valence-corrected chi connectivity index (χ2v) is 5.33. The monoisotopic (exact) mass is 230 g/mol. The van der Waals surface area contributed by atoms with Crippen LogP contribution in [0.25, 0.3) is 0 Å². The zero-order valence-corrected chi connectivity index (χ0v) is 10.9. The number of carbonyl (C=O) groups excluding carboxylic acids is 2. The van der Waals surface area contributed by atoms with Gasteiger partial charge in [0.1, 0.15) is 5.60 Å². The van der Waals surface area contributed by atoms with Gasteiger partial charge in [-0.15, -0.1) is 0 Å². The summed E-state index contributed by atoms with van der Waals surface area (Å²) in [6, 6.07) is -0.0715. The van der Waals surface area contributed by atoms with Gasteiger partial charge in [-0.05, 0) is 41.5 Å². The molecule has 1 amide bonds. The van der Waals surface area contributed by atoms with Crippen LogP contribution in [0.5, 0.6) is 0 Å². The number of hydrogen-bond acceptors (Lipinski definition) is 4. The van der Waals surface area contributed by atoms with Crippen molar-refractivity contribution < 1.29 is 14.3 Å². The zero-order chi connectivity index (χ0) is 13.1. The lowest BCUT2D eigenvalue weighted by Crippen LogP contribution is -2.60. The molecule has 0 aliphatic rings. The molecule has 0 spiro atoms. The van der Waals surface area contributed by atoms with Crippen molar-refractivity contribution in [3.63, 3.8) is 0 Å². The maximum Gasteiger partial charge on any atom is 0.336 e. The fourth-order valence-corrected chi connectivity index (χ4v) is 0.889. The van der Waals surface area contributed by atoms with Crippen molar-refractivity contribution in [2.24, 2.45) is 5.73 Å². The Morgan fingerprint density at radius 3 is 1.94 bits per heavy atom. The van der Waals surface area contributed by atoms with Crippen LogP contribution in [-0.2, 0) is 14.3 Å². The van der Waals surface area contributed by atoms with Crippen molar-refractivity contribution in [3.05, 3.63) is 0 Å². The Bertz CT molecular complexity index is 277. The van der Waals surface area contributed by atoms with Crippen LogP contribution < -0.4 is 11.1 Å². The number of nitrogens with two attached hydrogens (primary N) is 1. The molecule has 0 heterocycles. The molecule has 0 aromatic carbocycles. The van der Waals surface area contributed by atoms with Crippen LogP contribution in [0.1, 0.15) is 41.5 Å². The highest BCUT2D eigenvalue weighted by Crippen LogP contribution is 2.12. The summed E-state index contributed by atoms with van der Waals surface area (Å²) >= 11 is 0. The van der Waals surface area contributed by atoms with E-state index < -0.39 is 23.0 Å². The number of amides is 1. The molecule has 0 radical (unpaired) electrons. The normalized spacial score (nSPS) is 15.5. The van der Waals surface area contributed by atoms with Crippen LogP contribution in [0.4, 0.5) is 0 Å². The predicted octanol–water partition coefficient (Wildman–Crippen LogP) is 0.570. The van der Waals surface area contributed by atoms with Crippen molar-refractivity contribution in [2.75, 3.05) is 0 Å². The first-order chi connectivity index (χ1) is 6.97. The molecule has 3 N–H and O–H groups in total. The van der Waals surface area contributed by atoms with Gasteiger partial charge in [0, 0.05) is 6.04 Å². The number of rotatable bonds is 3. The molecule has 0 aliphatic heterocycles. The minimum Gasteiger partial charge on any atom is -0.458 e. The molecule has 0 aliphatic carbocycles. The van der Waals surface area contributed by atoms with E-state index in [4.69, 9.17) is 10.5 Å². The first-order valence-corrected chi connectivity index (χ1v) is 5.30. The summed E-state index contributed by atoms with van der Waals surface area (Å²) in [5.74, 6) is -1.25. The molecular formula is C11H22N2O3. The molecule has 5 heteroatoms. The Kier molecular flexibility index (Phi) is 4.49. The Labute approximate surface area is 96.7 Å². The summed E-state index contributed by atoms with van der Waals surface area (Å²) < 4.78 is 5.08. The Morgan fingerprint density at radius 1 is 1.19 bits per heavy atom. The van der Waals surface area contributed by atoms with Gasteiger partial charge in [0.2, 0.25) is 0 Å². The third-order valence-electron chi connectivity index (χ3n) is 1.71. The van der Waals surface area contributed by atoms with Gasteiger partial charge in [0.25, 0.3) is 5.91 Å². The maximum absolute atomic E-state index is 11.7. The van der Waals surface area contributed by atoms with Crippen LogP contribution in [0.3, 0.4) is 0 Å². The Hall–Kier alpha value is -1.10. The molecule has 0 aromatic heterocycles. The minimum atomic E-state index is -1.66. The summed E-state index contributed by atoms with van der Waals surface area (Å²) in [7, 11) is 0. The number of nitrogens with one attached hydrogen (secondary N) is 1. The molecule has 94 valence electrons. The molecule has 1 atom stereocenters. The van der Waals surface area contributed by atoms with Crippen LogP contribution in [0.15, 0.2) is 0 Å². The van der Waals surface area contributed by atoms with Gasteiger partial charge < -0.3 is 15.8 Å². The number of ether oxygens (including phenoxy) is 1. The topological polar surface area (TPSA) is 81.4 Å². The SMILES string of the molecule is CC(C)NC(=O)[C@@](C)(N)C(=O)OC(C)(C)C. The first kappa shape index (κ1) is 14.9.